The highest BCUT2D eigenvalue weighted by atomic mass is 16.5. The molecule has 0 bridgehead atoms. The van der Waals surface area contributed by atoms with Crippen molar-refractivity contribution in [1.29, 1.82) is 0 Å². The smallest absolute Gasteiger partial charge is 0.162 e. The van der Waals surface area contributed by atoms with E-state index in [4.69, 9.17) is 18.9 Å². The van der Waals surface area contributed by atoms with Gasteiger partial charge in [0.2, 0.25) is 0 Å². The van der Waals surface area contributed by atoms with Crippen molar-refractivity contribution in [1.82, 2.24) is 5.32 Å². The molecule has 7 heteroatoms. The quantitative estimate of drug-likeness (QED) is 0.240. The summed E-state index contributed by atoms with van der Waals surface area (Å²) in [7, 11) is 1.61. The van der Waals surface area contributed by atoms with Crippen LogP contribution in [0.15, 0.2) is 89.3 Å². The van der Waals surface area contributed by atoms with Crippen LogP contribution in [-0.2, 0) is 22.8 Å². The van der Waals surface area contributed by atoms with E-state index in [1.165, 1.54) is 0 Å². The van der Waals surface area contributed by atoms with E-state index in [0.717, 1.165) is 40.9 Å². The van der Waals surface area contributed by atoms with Crippen molar-refractivity contribution in [2.45, 2.75) is 79.4 Å². The summed E-state index contributed by atoms with van der Waals surface area (Å²) >= 11 is 0. The van der Waals surface area contributed by atoms with Gasteiger partial charge in [0, 0.05) is 41.3 Å². The molecule has 1 N–H and O–H groups in total. The summed E-state index contributed by atoms with van der Waals surface area (Å²) in [6.45, 7) is 11.7. The van der Waals surface area contributed by atoms with Gasteiger partial charge in [-0.2, -0.15) is 0 Å². The summed E-state index contributed by atoms with van der Waals surface area (Å²) < 4.78 is 24.1. The molecule has 0 radical (unpaired) electrons. The van der Waals surface area contributed by atoms with E-state index in [1.54, 1.807) is 7.11 Å². The Morgan fingerprint density at radius 2 is 1.23 bits per heavy atom. The molecule has 2 aliphatic carbocycles. The topological polar surface area (TPSA) is 83.1 Å². The standard InChI is InChI=1S/C40H45NO6/c1-7-45-35-17-26(13-15-33(35)46-23-25-11-9-8-10-12-25)24-47-32-16-14-27(18-34(32)44-6)36-37-28(19-39(2,3)21-30(37)42)41-29-20-40(4,5)22-31(43)38(29)36/h8-18,36,41H,7,19-24H2,1-6H3. The van der Waals surface area contributed by atoms with Gasteiger partial charge in [-0.05, 0) is 71.6 Å². The number of ether oxygens (including phenoxy) is 4. The van der Waals surface area contributed by atoms with E-state index in [2.05, 4.69) is 33.0 Å². The van der Waals surface area contributed by atoms with Crippen LogP contribution in [0.5, 0.6) is 23.0 Å². The zero-order valence-electron chi connectivity index (χ0n) is 28.3. The predicted molar refractivity (Wildman–Crippen MR) is 182 cm³/mol. The van der Waals surface area contributed by atoms with Crippen molar-refractivity contribution in [3.63, 3.8) is 0 Å². The molecule has 0 fully saturated rings. The van der Waals surface area contributed by atoms with E-state index >= 15 is 0 Å². The molecule has 1 aliphatic heterocycles. The number of dihydropyridines is 1. The van der Waals surface area contributed by atoms with Crippen LogP contribution >= 0.6 is 0 Å². The number of nitrogens with one attached hydrogen (secondary N) is 1. The monoisotopic (exact) mass is 635 g/mol. The third kappa shape index (κ3) is 6.95. The number of carbonyl (C=O) groups excluding carboxylic acids is 2. The van der Waals surface area contributed by atoms with Crippen molar-refractivity contribution in [2.75, 3.05) is 13.7 Å². The molecule has 7 nitrogen and oxygen atoms in total. The van der Waals surface area contributed by atoms with Gasteiger partial charge in [0.05, 0.1) is 13.7 Å². The lowest BCUT2D eigenvalue weighted by Gasteiger charge is -2.44. The summed E-state index contributed by atoms with van der Waals surface area (Å²) in [4.78, 5) is 27.4. The molecule has 0 amide bonds. The van der Waals surface area contributed by atoms with Gasteiger partial charge in [0.25, 0.3) is 0 Å². The Bertz CT molecular complexity index is 1700. The average molecular weight is 636 g/mol. The van der Waals surface area contributed by atoms with Crippen LogP contribution in [0.3, 0.4) is 0 Å². The van der Waals surface area contributed by atoms with Crippen molar-refractivity contribution in [2.24, 2.45) is 10.8 Å². The zero-order valence-corrected chi connectivity index (χ0v) is 28.3. The largest absolute Gasteiger partial charge is 0.493 e. The molecule has 3 aromatic carbocycles. The number of ketones is 2. The SMILES string of the molecule is CCOc1cc(COc2ccc(C3C4=C(CC(C)(C)CC4=O)NC4=C3C(=O)CC(C)(C)C4)cc2OC)ccc1OCc1ccccc1. The first-order chi connectivity index (χ1) is 22.5. The van der Waals surface area contributed by atoms with Crippen LogP contribution in [0.1, 0.15) is 82.9 Å². The van der Waals surface area contributed by atoms with Gasteiger partial charge >= 0.3 is 0 Å². The molecule has 6 rings (SSSR count). The second-order valence-corrected chi connectivity index (χ2v) is 14.4. The predicted octanol–water partition coefficient (Wildman–Crippen LogP) is 8.23. The molecule has 1 heterocycles. The zero-order chi connectivity index (χ0) is 33.3. The second-order valence-electron chi connectivity index (χ2n) is 14.4. The summed E-state index contributed by atoms with van der Waals surface area (Å²) in [6, 6.07) is 21.6. The first-order valence-electron chi connectivity index (χ1n) is 16.5. The molecule has 3 aliphatic rings. The summed E-state index contributed by atoms with van der Waals surface area (Å²) in [6.07, 6.45) is 2.41. The van der Waals surface area contributed by atoms with Crippen LogP contribution in [0, 0.1) is 10.8 Å². The Morgan fingerprint density at radius 1 is 0.660 bits per heavy atom. The van der Waals surface area contributed by atoms with E-state index in [9.17, 15) is 9.59 Å². The van der Waals surface area contributed by atoms with Crippen LogP contribution < -0.4 is 24.3 Å². The molecule has 0 saturated carbocycles. The Kier molecular flexibility index (Phi) is 8.93. The summed E-state index contributed by atoms with van der Waals surface area (Å²) in [5.74, 6) is 2.21. The number of benzene rings is 3. The summed E-state index contributed by atoms with van der Waals surface area (Å²) in [5, 5.41) is 3.58. The number of allylic oxidation sites excluding steroid dienone is 4. The highest BCUT2D eigenvalue weighted by Crippen LogP contribution is 2.51. The maximum atomic E-state index is 13.7. The maximum absolute atomic E-state index is 13.7. The fourth-order valence-corrected chi connectivity index (χ4v) is 7.13. The van der Waals surface area contributed by atoms with Gasteiger partial charge in [-0.15, -0.1) is 0 Å². The maximum Gasteiger partial charge on any atom is 0.162 e. The Balaban J connectivity index is 1.26. The number of rotatable bonds is 10. The van der Waals surface area contributed by atoms with E-state index in [0.29, 0.717) is 60.2 Å². The van der Waals surface area contributed by atoms with Crippen LogP contribution in [-0.4, -0.2) is 25.3 Å². The third-order valence-electron chi connectivity index (χ3n) is 9.18. The number of carbonyl (C=O) groups is 2. The van der Waals surface area contributed by atoms with Gasteiger partial charge in [-0.1, -0.05) is 70.2 Å². The fraction of sp³-hybridized carbons (Fsp3) is 0.400. The molecular formula is C40H45NO6. The fourth-order valence-electron chi connectivity index (χ4n) is 7.13. The normalized spacial score (nSPS) is 18.7. The highest BCUT2D eigenvalue weighted by molar-refractivity contribution is 6.06. The van der Waals surface area contributed by atoms with Crippen molar-refractivity contribution in [3.05, 3.63) is 106 Å². The van der Waals surface area contributed by atoms with Gasteiger partial charge < -0.3 is 24.3 Å². The Morgan fingerprint density at radius 3 is 1.83 bits per heavy atom. The minimum Gasteiger partial charge on any atom is -0.493 e. The number of Topliss-reactive ketones (excluding diaryl/α,β-unsaturated/α-hetero) is 2. The minimum atomic E-state index is -0.436. The first kappa shape index (κ1) is 32.4. The number of hydrogen-bond donors (Lipinski definition) is 1. The van der Waals surface area contributed by atoms with E-state index in [1.807, 2.05) is 73.7 Å². The molecule has 0 atom stereocenters. The lowest BCUT2D eigenvalue weighted by Crippen LogP contribution is -2.42. The molecular weight excluding hydrogens is 590 g/mol. The van der Waals surface area contributed by atoms with E-state index < -0.39 is 5.92 Å². The van der Waals surface area contributed by atoms with Gasteiger partial charge in [-0.3, -0.25) is 9.59 Å². The van der Waals surface area contributed by atoms with Crippen LogP contribution in [0.25, 0.3) is 0 Å². The van der Waals surface area contributed by atoms with Crippen molar-refractivity contribution in [3.8, 4) is 23.0 Å². The Labute approximate surface area is 278 Å². The second kappa shape index (κ2) is 12.9. The molecule has 0 aromatic heterocycles. The average Bonchev–Trinajstić information content (AvgIpc) is 3.01. The molecule has 246 valence electrons. The first-order valence-corrected chi connectivity index (χ1v) is 16.5. The Hall–Kier alpha value is -4.52. The summed E-state index contributed by atoms with van der Waals surface area (Å²) in [5.41, 5.74) is 5.87. The highest BCUT2D eigenvalue weighted by Gasteiger charge is 2.46. The van der Waals surface area contributed by atoms with Crippen LogP contribution in [0.2, 0.25) is 0 Å². The van der Waals surface area contributed by atoms with Gasteiger partial charge in [0.1, 0.15) is 13.2 Å². The molecule has 47 heavy (non-hydrogen) atoms. The van der Waals surface area contributed by atoms with Gasteiger partial charge in [-0.25, -0.2) is 0 Å². The molecule has 3 aromatic rings. The molecule has 0 spiro atoms. The number of methoxy groups -OCH3 is 1. The third-order valence-corrected chi connectivity index (χ3v) is 9.18. The molecule has 0 saturated heterocycles. The van der Waals surface area contributed by atoms with Crippen molar-refractivity contribution < 1.29 is 28.5 Å². The minimum absolute atomic E-state index is 0.0959. The van der Waals surface area contributed by atoms with E-state index in [-0.39, 0.29) is 29.0 Å². The van der Waals surface area contributed by atoms with Crippen LogP contribution in [0.4, 0.5) is 0 Å². The van der Waals surface area contributed by atoms with Crippen molar-refractivity contribution >= 4 is 11.6 Å². The lowest BCUT2D eigenvalue weighted by atomic mass is 9.64. The molecule has 0 unspecified atom stereocenters. The lowest BCUT2D eigenvalue weighted by molar-refractivity contribution is -0.119. The van der Waals surface area contributed by atoms with Gasteiger partial charge in [0.15, 0.2) is 34.6 Å². The number of hydrogen-bond acceptors (Lipinski definition) is 7.